The fraction of sp³-hybridized carbons (Fsp3) is 0.375. The Morgan fingerprint density at radius 3 is 2.45 bits per heavy atom. The van der Waals surface area contributed by atoms with Crippen LogP contribution in [0.4, 0.5) is 10.5 Å². The molecule has 1 heterocycles. The highest BCUT2D eigenvalue weighted by atomic mass is 16.2. The van der Waals surface area contributed by atoms with Crippen molar-refractivity contribution in [2.24, 2.45) is 0 Å². The minimum Gasteiger partial charge on any atom is -0.354 e. The van der Waals surface area contributed by atoms with E-state index >= 15 is 0 Å². The summed E-state index contributed by atoms with van der Waals surface area (Å²) in [5.41, 5.74) is 3.52. The molecule has 2 aromatic carbocycles. The van der Waals surface area contributed by atoms with Crippen molar-refractivity contribution in [1.29, 1.82) is 0 Å². The molecule has 0 spiro atoms. The molecule has 0 saturated carbocycles. The third-order valence-electron chi connectivity index (χ3n) is 5.48. The maximum absolute atomic E-state index is 13.1. The van der Waals surface area contributed by atoms with Crippen molar-refractivity contribution in [3.05, 3.63) is 65.2 Å². The van der Waals surface area contributed by atoms with E-state index in [9.17, 15) is 14.4 Å². The quantitative estimate of drug-likeness (QED) is 0.576. The van der Waals surface area contributed by atoms with Crippen LogP contribution in [0.1, 0.15) is 36.0 Å². The lowest BCUT2D eigenvalue weighted by atomic mass is 10.0. The number of carbonyl (C=O) groups is 3. The number of carbonyl (C=O) groups excluding carboxylic acids is 3. The standard InChI is InChI=1S/C24H30N4O3/c1-16-9-8-10-17(2)21(16)28-24(31)27-20(15-18-11-4-3-5-12-18)23(30)26-19-13-6-7-14-25-22(19)29/h3-5,8-12,19-20H,6-7,13-15H2,1-2H3,(H,25,29)(H,26,30)(H2,27,28,31). The van der Waals surface area contributed by atoms with Gasteiger partial charge >= 0.3 is 6.03 Å². The molecule has 0 aromatic heterocycles. The Balaban J connectivity index is 1.73. The summed E-state index contributed by atoms with van der Waals surface area (Å²) in [6.07, 6.45) is 2.65. The van der Waals surface area contributed by atoms with Crippen LogP contribution in [-0.4, -0.2) is 36.5 Å². The van der Waals surface area contributed by atoms with Gasteiger partial charge in [-0.15, -0.1) is 0 Å². The van der Waals surface area contributed by atoms with Crippen LogP contribution in [0.3, 0.4) is 0 Å². The highest BCUT2D eigenvalue weighted by Crippen LogP contribution is 2.19. The molecule has 2 atom stereocenters. The summed E-state index contributed by atoms with van der Waals surface area (Å²) in [6, 6.07) is 13.4. The van der Waals surface area contributed by atoms with Crippen LogP contribution in [0.25, 0.3) is 0 Å². The lowest BCUT2D eigenvalue weighted by Gasteiger charge is -2.23. The zero-order valence-electron chi connectivity index (χ0n) is 18.0. The fourth-order valence-electron chi connectivity index (χ4n) is 3.73. The van der Waals surface area contributed by atoms with E-state index in [0.717, 1.165) is 35.2 Å². The van der Waals surface area contributed by atoms with Crippen molar-refractivity contribution in [3.8, 4) is 0 Å². The zero-order chi connectivity index (χ0) is 22.2. The summed E-state index contributed by atoms with van der Waals surface area (Å²) in [5.74, 6) is -0.549. The van der Waals surface area contributed by atoms with Gasteiger partial charge in [0.2, 0.25) is 11.8 Å². The van der Waals surface area contributed by atoms with E-state index in [4.69, 9.17) is 0 Å². The van der Waals surface area contributed by atoms with Gasteiger partial charge in [0.25, 0.3) is 0 Å². The molecule has 0 aliphatic carbocycles. The summed E-state index contributed by atoms with van der Waals surface area (Å²) in [4.78, 5) is 38.1. The van der Waals surface area contributed by atoms with Gasteiger partial charge in [-0.3, -0.25) is 9.59 Å². The first kappa shape index (κ1) is 22.3. The van der Waals surface area contributed by atoms with Crippen molar-refractivity contribution >= 4 is 23.5 Å². The third-order valence-corrected chi connectivity index (χ3v) is 5.48. The number of para-hydroxylation sites is 1. The molecule has 1 saturated heterocycles. The highest BCUT2D eigenvalue weighted by Gasteiger charge is 2.28. The molecule has 4 N–H and O–H groups in total. The van der Waals surface area contributed by atoms with Crippen LogP contribution < -0.4 is 21.3 Å². The van der Waals surface area contributed by atoms with E-state index in [2.05, 4.69) is 21.3 Å². The Labute approximate surface area is 183 Å². The molecule has 4 amide bonds. The summed E-state index contributed by atoms with van der Waals surface area (Å²) in [7, 11) is 0. The maximum Gasteiger partial charge on any atom is 0.319 e. The Morgan fingerprint density at radius 2 is 1.74 bits per heavy atom. The Bertz CT molecular complexity index is 909. The van der Waals surface area contributed by atoms with E-state index < -0.39 is 18.1 Å². The SMILES string of the molecule is Cc1cccc(C)c1NC(=O)NC(Cc1ccccc1)C(=O)NC1CCCCNC1=O. The third kappa shape index (κ3) is 6.31. The Hall–Kier alpha value is -3.35. The molecule has 31 heavy (non-hydrogen) atoms. The first-order chi connectivity index (χ1) is 14.9. The number of amides is 4. The fourth-order valence-corrected chi connectivity index (χ4v) is 3.73. The molecule has 0 bridgehead atoms. The average Bonchev–Trinajstić information content (AvgIpc) is 2.95. The van der Waals surface area contributed by atoms with Gasteiger partial charge in [0.05, 0.1) is 0 Å². The molecule has 7 heteroatoms. The highest BCUT2D eigenvalue weighted by molar-refractivity contribution is 5.96. The Kier molecular flexibility index (Phi) is 7.65. The van der Waals surface area contributed by atoms with Gasteiger partial charge in [0.1, 0.15) is 12.1 Å². The van der Waals surface area contributed by atoms with Crippen molar-refractivity contribution in [2.45, 2.75) is 51.6 Å². The van der Waals surface area contributed by atoms with Crippen molar-refractivity contribution in [1.82, 2.24) is 16.0 Å². The van der Waals surface area contributed by atoms with E-state index in [1.54, 1.807) is 0 Å². The number of hydrogen-bond acceptors (Lipinski definition) is 3. The minimum absolute atomic E-state index is 0.177. The molecular formula is C24H30N4O3. The van der Waals surface area contributed by atoms with E-state index in [1.165, 1.54) is 0 Å². The number of nitrogens with one attached hydrogen (secondary N) is 4. The molecule has 2 aromatic rings. The molecule has 1 fully saturated rings. The lowest BCUT2D eigenvalue weighted by Crippen LogP contribution is -2.54. The Morgan fingerprint density at radius 1 is 1.03 bits per heavy atom. The van der Waals surface area contributed by atoms with Crippen molar-refractivity contribution in [3.63, 3.8) is 0 Å². The van der Waals surface area contributed by atoms with Gasteiger partial charge in [-0.2, -0.15) is 0 Å². The van der Waals surface area contributed by atoms with E-state index in [-0.39, 0.29) is 11.8 Å². The molecule has 1 aliphatic rings. The van der Waals surface area contributed by atoms with Crippen LogP contribution in [0.2, 0.25) is 0 Å². The minimum atomic E-state index is -0.817. The van der Waals surface area contributed by atoms with Gasteiger partial charge in [-0.25, -0.2) is 4.79 Å². The van der Waals surface area contributed by atoms with Crippen LogP contribution in [0.15, 0.2) is 48.5 Å². The summed E-state index contributed by atoms with van der Waals surface area (Å²) in [5, 5.41) is 11.3. The average molecular weight is 423 g/mol. The monoisotopic (exact) mass is 422 g/mol. The smallest absolute Gasteiger partial charge is 0.319 e. The largest absolute Gasteiger partial charge is 0.354 e. The summed E-state index contributed by atoms with van der Waals surface area (Å²) < 4.78 is 0. The molecular weight excluding hydrogens is 392 g/mol. The van der Waals surface area contributed by atoms with Crippen LogP contribution in [0.5, 0.6) is 0 Å². The lowest BCUT2D eigenvalue weighted by molar-refractivity contribution is -0.129. The van der Waals surface area contributed by atoms with Gasteiger partial charge in [-0.05, 0) is 49.8 Å². The number of urea groups is 1. The summed E-state index contributed by atoms with van der Waals surface area (Å²) in [6.45, 7) is 4.46. The van der Waals surface area contributed by atoms with Gasteiger partial charge < -0.3 is 21.3 Å². The molecule has 3 rings (SSSR count). The molecule has 0 radical (unpaired) electrons. The van der Waals surface area contributed by atoms with Crippen LogP contribution in [0, 0.1) is 13.8 Å². The first-order valence-corrected chi connectivity index (χ1v) is 10.7. The van der Waals surface area contributed by atoms with E-state index in [1.807, 2.05) is 62.4 Å². The molecule has 2 unspecified atom stereocenters. The molecule has 164 valence electrons. The van der Waals surface area contributed by atoms with Crippen LogP contribution in [-0.2, 0) is 16.0 Å². The predicted molar refractivity (Wildman–Crippen MR) is 121 cm³/mol. The molecule has 1 aliphatic heterocycles. The van der Waals surface area contributed by atoms with Gasteiger partial charge in [0.15, 0.2) is 0 Å². The molecule has 7 nitrogen and oxygen atoms in total. The maximum atomic E-state index is 13.1. The second-order valence-electron chi connectivity index (χ2n) is 7.96. The van der Waals surface area contributed by atoms with Crippen molar-refractivity contribution < 1.29 is 14.4 Å². The normalized spacial score (nSPS) is 17.1. The van der Waals surface area contributed by atoms with Crippen molar-refractivity contribution in [2.75, 3.05) is 11.9 Å². The number of aryl methyl sites for hydroxylation is 2. The number of benzene rings is 2. The number of hydrogen-bond donors (Lipinski definition) is 4. The predicted octanol–water partition coefficient (Wildman–Crippen LogP) is 2.82. The second-order valence-corrected chi connectivity index (χ2v) is 7.96. The zero-order valence-corrected chi connectivity index (χ0v) is 18.0. The number of anilines is 1. The topological polar surface area (TPSA) is 99.3 Å². The first-order valence-electron chi connectivity index (χ1n) is 10.7. The van der Waals surface area contributed by atoms with Gasteiger partial charge in [-0.1, -0.05) is 48.5 Å². The second kappa shape index (κ2) is 10.6. The van der Waals surface area contributed by atoms with E-state index in [0.29, 0.717) is 19.4 Å². The summed E-state index contributed by atoms with van der Waals surface area (Å²) >= 11 is 0. The van der Waals surface area contributed by atoms with Crippen LogP contribution >= 0.6 is 0 Å². The number of rotatable bonds is 6. The van der Waals surface area contributed by atoms with Gasteiger partial charge in [0, 0.05) is 18.7 Å².